The third-order valence-electron chi connectivity index (χ3n) is 3.27. The molecule has 0 aliphatic heterocycles. The predicted molar refractivity (Wildman–Crippen MR) is 72.2 cm³/mol. The Kier molecular flexibility index (Phi) is 4.35. The second-order valence-electron chi connectivity index (χ2n) is 4.52. The highest BCUT2D eigenvalue weighted by atomic mass is 79.9. The van der Waals surface area contributed by atoms with Crippen molar-refractivity contribution in [1.82, 2.24) is 0 Å². The van der Waals surface area contributed by atoms with Crippen LogP contribution in [-0.4, -0.2) is 0 Å². The van der Waals surface area contributed by atoms with Gasteiger partial charge in [-0.05, 0) is 43.4 Å². The van der Waals surface area contributed by atoms with E-state index in [0.717, 1.165) is 22.9 Å². The monoisotopic (exact) mass is 297 g/mol. The van der Waals surface area contributed by atoms with Crippen LogP contribution in [0.15, 0.2) is 34.3 Å². The normalized spacial score (nSPS) is 18.4. The molecular weight excluding hydrogens is 281 g/mol. The number of hydrogen-bond donors (Lipinski definition) is 1. The Morgan fingerprint density at radius 2 is 2.06 bits per heavy atom. The molecule has 1 aromatic carbocycles. The molecule has 1 aromatic rings. The summed E-state index contributed by atoms with van der Waals surface area (Å²) in [4.78, 5) is 0. The van der Waals surface area contributed by atoms with E-state index in [1.54, 1.807) is 6.07 Å². The van der Waals surface area contributed by atoms with Gasteiger partial charge in [0.05, 0.1) is 6.04 Å². The molecule has 2 rings (SSSR count). The van der Waals surface area contributed by atoms with Gasteiger partial charge >= 0.3 is 0 Å². The molecule has 3 heteroatoms. The molecule has 0 fully saturated rings. The fourth-order valence-corrected chi connectivity index (χ4v) is 2.87. The largest absolute Gasteiger partial charge is 0.321 e. The summed E-state index contributed by atoms with van der Waals surface area (Å²) < 4.78 is 13.8. The van der Waals surface area contributed by atoms with Crippen LogP contribution in [-0.2, 0) is 0 Å². The molecule has 1 unspecified atom stereocenters. The van der Waals surface area contributed by atoms with Gasteiger partial charge in [0, 0.05) is 4.47 Å². The van der Waals surface area contributed by atoms with Gasteiger partial charge in [-0.1, -0.05) is 40.1 Å². The third-order valence-corrected chi connectivity index (χ3v) is 3.96. The van der Waals surface area contributed by atoms with Crippen molar-refractivity contribution in [3.63, 3.8) is 0 Å². The van der Waals surface area contributed by atoms with Crippen LogP contribution in [0.2, 0.25) is 0 Å². The SMILES string of the molecule is NC(C1=CCCCCC1)c1ccc(F)cc1Br. The minimum Gasteiger partial charge on any atom is -0.321 e. The van der Waals surface area contributed by atoms with Crippen LogP contribution in [0.1, 0.15) is 43.7 Å². The average Bonchev–Trinajstić information content (AvgIpc) is 2.56. The average molecular weight is 298 g/mol. The Balaban J connectivity index is 2.23. The van der Waals surface area contributed by atoms with Gasteiger partial charge in [0.25, 0.3) is 0 Å². The van der Waals surface area contributed by atoms with Gasteiger partial charge in [-0.25, -0.2) is 4.39 Å². The maximum atomic E-state index is 13.0. The van der Waals surface area contributed by atoms with Crippen molar-refractivity contribution < 1.29 is 4.39 Å². The number of benzene rings is 1. The molecule has 1 nitrogen and oxygen atoms in total. The highest BCUT2D eigenvalue weighted by molar-refractivity contribution is 9.10. The third kappa shape index (κ3) is 3.17. The summed E-state index contributed by atoms with van der Waals surface area (Å²) in [5, 5.41) is 0. The van der Waals surface area contributed by atoms with E-state index in [9.17, 15) is 4.39 Å². The molecule has 1 aliphatic rings. The van der Waals surface area contributed by atoms with Gasteiger partial charge < -0.3 is 5.73 Å². The minimum absolute atomic E-state index is 0.108. The lowest BCUT2D eigenvalue weighted by Crippen LogP contribution is -2.14. The zero-order chi connectivity index (χ0) is 12.3. The number of rotatable bonds is 2. The number of halogens is 2. The van der Waals surface area contributed by atoms with Crippen LogP contribution >= 0.6 is 15.9 Å². The van der Waals surface area contributed by atoms with E-state index in [4.69, 9.17) is 5.73 Å². The van der Waals surface area contributed by atoms with E-state index in [0.29, 0.717) is 0 Å². The van der Waals surface area contributed by atoms with Gasteiger partial charge in [0.1, 0.15) is 5.82 Å². The second kappa shape index (κ2) is 5.78. The Morgan fingerprint density at radius 3 is 2.82 bits per heavy atom. The maximum absolute atomic E-state index is 13.0. The van der Waals surface area contributed by atoms with E-state index in [-0.39, 0.29) is 11.9 Å². The molecule has 0 bridgehead atoms. The lowest BCUT2D eigenvalue weighted by atomic mass is 9.96. The van der Waals surface area contributed by atoms with Gasteiger partial charge in [-0.15, -0.1) is 0 Å². The molecule has 0 saturated heterocycles. The van der Waals surface area contributed by atoms with Gasteiger partial charge in [0.2, 0.25) is 0 Å². The quantitative estimate of drug-likeness (QED) is 0.800. The standard InChI is InChI=1S/C14H17BrFN/c15-13-9-11(16)7-8-12(13)14(17)10-5-3-1-2-4-6-10/h5,7-9,14H,1-4,6,17H2. The first-order valence-corrected chi connectivity index (χ1v) is 6.87. The molecule has 0 saturated carbocycles. The predicted octanol–water partition coefficient (Wildman–Crippen LogP) is 4.48. The van der Waals surface area contributed by atoms with E-state index in [1.807, 2.05) is 0 Å². The first-order valence-electron chi connectivity index (χ1n) is 6.08. The summed E-state index contributed by atoms with van der Waals surface area (Å²) in [6, 6.07) is 4.61. The molecular formula is C14H17BrFN. The molecule has 17 heavy (non-hydrogen) atoms. The molecule has 2 N–H and O–H groups in total. The molecule has 1 atom stereocenters. The van der Waals surface area contributed by atoms with Crippen LogP contribution in [0.4, 0.5) is 4.39 Å². The first-order chi connectivity index (χ1) is 8.18. The Morgan fingerprint density at radius 1 is 1.24 bits per heavy atom. The fraction of sp³-hybridized carbons (Fsp3) is 0.429. The van der Waals surface area contributed by atoms with Crippen molar-refractivity contribution in [1.29, 1.82) is 0 Å². The minimum atomic E-state index is -0.234. The highest BCUT2D eigenvalue weighted by Crippen LogP contribution is 2.31. The zero-order valence-corrected chi connectivity index (χ0v) is 11.3. The Hall–Kier alpha value is -0.670. The molecule has 0 radical (unpaired) electrons. The molecule has 0 aromatic heterocycles. The van der Waals surface area contributed by atoms with Crippen molar-refractivity contribution in [3.05, 3.63) is 45.7 Å². The van der Waals surface area contributed by atoms with Crippen LogP contribution in [0, 0.1) is 5.82 Å². The smallest absolute Gasteiger partial charge is 0.124 e. The molecule has 1 aliphatic carbocycles. The van der Waals surface area contributed by atoms with Crippen molar-refractivity contribution >= 4 is 15.9 Å². The van der Waals surface area contributed by atoms with Crippen molar-refractivity contribution in [3.8, 4) is 0 Å². The highest BCUT2D eigenvalue weighted by Gasteiger charge is 2.16. The van der Waals surface area contributed by atoms with Gasteiger partial charge in [-0.2, -0.15) is 0 Å². The van der Waals surface area contributed by atoms with Crippen molar-refractivity contribution in [2.24, 2.45) is 5.73 Å². The Labute approximate surface area is 110 Å². The zero-order valence-electron chi connectivity index (χ0n) is 9.76. The van der Waals surface area contributed by atoms with Gasteiger partial charge in [-0.3, -0.25) is 0 Å². The topological polar surface area (TPSA) is 26.0 Å². The van der Waals surface area contributed by atoms with Gasteiger partial charge in [0.15, 0.2) is 0 Å². The lowest BCUT2D eigenvalue weighted by Gasteiger charge is -2.17. The van der Waals surface area contributed by atoms with E-state index in [2.05, 4.69) is 22.0 Å². The van der Waals surface area contributed by atoms with E-state index in [1.165, 1.54) is 37.0 Å². The van der Waals surface area contributed by atoms with Crippen LogP contribution in [0.3, 0.4) is 0 Å². The second-order valence-corrected chi connectivity index (χ2v) is 5.38. The summed E-state index contributed by atoms with van der Waals surface area (Å²) in [6.07, 6.45) is 8.16. The van der Waals surface area contributed by atoms with E-state index < -0.39 is 0 Å². The van der Waals surface area contributed by atoms with Crippen molar-refractivity contribution in [2.45, 2.75) is 38.1 Å². The summed E-state index contributed by atoms with van der Waals surface area (Å²) in [6.45, 7) is 0. The van der Waals surface area contributed by atoms with Crippen LogP contribution < -0.4 is 5.73 Å². The van der Waals surface area contributed by atoms with E-state index >= 15 is 0 Å². The molecule has 0 amide bonds. The summed E-state index contributed by atoms with van der Waals surface area (Å²) in [5.41, 5.74) is 8.53. The van der Waals surface area contributed by atoms with Crippen molar-refractivity contribution in [2.75, 3.05) is 0 Å². The molecule has 0 heterocycles. The maximum Gasteiger partial charge on any atom is 0.124 e. The number of allylic oxidation sites excluding steroid dienone is 1. The molecule has 0 spiro atoms. The summed E-state index contributed by atoms with van der Waals surface area (Å²) in [5.74, 6) is -0.234. The molecule has 92 valence electrons. The summed E-state index contributed by atoms with van der Waals surface area (Å²) >= 11 is 3.39. The number of hydrogen-bond acceptors (Lipinski definition) is 1. The fourth-order valence-electron chi connectivity index (χ4n) is 2.28. The summed E-state index contributed by atoms with van der Waals surface area (Å²) in [7, 11) is 0. The first kappa shape index (κ1) is 12.8. The Bertz CT molecular complexity index is 428. The lowest BCUT2D eigenvalue weighted by molar-refractivity contribution is 0.624. The van der Waals surface area contributed by atoms with Crippen LogP contribution in [0.5, 0.6) is 0 Å². The number of nitrogens with two attached hydrogens (primary N) is 1. The van der Waals surface area contributed by atoms with Crippen LogP contribution in [0.25, 0.3) is 0 Å².